The van der Waals surface area contributed by atoms with E-state index in [1.54, 1.807) is 0 Å². The Morgan fingerprint density at radius 1 is 1.23 bits per heavy atom. The molecule has 0 spiro atoms. The van der Waals surface area contributed by atoms with Gasteiger partial charge in [0.25, 0.3) is 0 Å². The number of carbonyl (C=O) groups is 1. The second-order valence-electron chi connectivity index (χ2n) is 9.79. The van der Waals surface area contributed by atoms with E-state index < -0.39 is 0 Å². The van der Waals surface area contributed by atoms with Crippen LogP contribution in [-0.4, -0.2) is 48.1 Å². The van der Waals surface area contributed by atoms with Gasteiger partial charge in [0.15, 0.2) is 0 Å². The van der Waals surface area contributed by atoms with Gasteiger partial charge in [-0.25, -0.2) is 0 Å². The number of benzene rings is 1. The molecule has 2 heterocycles. The van der Waals surface area contributed by atoms with Crippen molar-refractivity contribution in [3.05, 3.63) is 36.0 Å². The number of nitrogens with one attached hydrogen (secondary N) is 1. The number of ether oxygens (including phenoxy) is 1. The molecular formula is C26H39N3O2. The lowest BCUT2D eigenvalue weighted by atomic mass is 9.96. The highest BCUT2D eigenvalue weighted by Crippen LogP contribution is 2.29. The number of hydrogen-bond donors (Lipinski definition) is 1. The van der Waals surface area contributed by atoms with E-state index in [-0.39, 0.29) is 17.4 Å². The van der Waals surface area contributed by atoms with Gasteiger partial charge < -0.3 is 15.0 Å². The van der Waals surface area contributed by atoms with Gasteiger partial charge in [-0.05, 0) is 62.4 Å². The first-order chi connectivity index (χ1) is 14.9. The summed E-state index contributed by atoms with van der Waals surface area (Å²) in [5.74, 6) is 1.06. The molecule has 31 heavy (non-hydrogen) atoms. The van der Waals surface area contributed by atoms with Crippen molar-refractivity contribution >= 4 is 16.8 Å². The van der Waals surface area contributed by atoms with Crippen LogP contribution < -0.4 is 10.1 Å². The Hall–Kier alpha value is -2.14. The Bertz CT molecular complexity index is 851. The summed E-state index contributed by atoms with van der Waals surface area (Å²) in [7, 11) is 0. The molecule has 1 aliphatic heterocycles. The minimum atomic E-state index is -0.317. The third kappa shape index (κ3) is 6.93. The second kappa shape index (κ2) is 10.9. The summed E-state index contributed by atoms with van der Waals surface area (Å²) in [5.41, 5.74) is 1.99. The molecule has 5 nitrogen and oxygen atoms in total. The second-order valence-corrected chi connectivity index (χ2v) is 9.79. The molecule has 0 radical (unpaired) electrons. The Labute approximate surface area is 187 Å². The van der Waals surface area contributed by atoms with Crippen molar-refractivity contribution in [3.8, 4) is 5.75 Å². The van der Waals surface area contributed by atoms with Crippen LogP contribution in [0.1, 0.15) is 65.4 Å². The van der Waals surface area contributed by atoms with Gasteiger partial charge in [0, 0.05) is 36.6 Å². The number of fused-ring (bicyclic) bond motifs is 1. The summed E-state index contributed by atoms with van der Waals surface area (Å²) < 4.78 is 6.49. The zero-order chi connectivity index (χ0) is 22.3. The molecule has 1 aliphatic rings. The molecule has 1 aromatic heterocycles. The summed E-state index contributed by atoms with van der Waals surface area (Å²) in [4.78, 5) is 19.0. The molecular weight excluding hydrogens is 386 g/mol. The molecule has 170 valence electrons. The van der Waals surface area contributed by atoms with Crippen molar-refractivity contribution in [1.29, 1.82) is 0 Å². The zero-order valence-corrected chi connectivity index (χ0v) is 19.7. The number of rotatable bonds is 9. The van der Waals surface area contributed by atoms with E-state index in [2.05, 4.69) is 40.3 Å². The molecule has 1 fully saturated rings. The minimum absolute atomic E-state index is 0.126. The number of aromatic nitrogens is 1. The lowest BCUT2D eigenvalue weighted by Crippen LogP contribution is -2.40. The van der Waals surface area contributed by atoms with Crippen LogP contribution in [0.5, 0.6) is 5.75 Å². The van der Waals surface area contributed by atoms with Gasteiger partial charge in [-0.1, -0.05) is 40.2 Å². The van der Waals surface area contributed by atoms with Crippen LogP contribution in [-0.2, 0) is 11.2 Å². The number of likely N-dealkylation sites (tertiary alicyclic amines) is 1. The number of hydrogen-bond acceptors (Lipinski definition) is 4. The minimum Gasteiger partial charge on any atom is -0.488 e. The highest BCUT2D eigenvalue weighted by molar-refractivity contribution is 5.85. The SMILES string of the molecule is CCCCc1cc(OC2CCN(CCCNC(=O)C(C)(C)C)CC2)c2ncccc2c1. The zero-order valence-electron chi connectivity index (χ0n) is 19.7. The Morgan fingerprint density at radius 2 is 2.00 bits per heavy atom. The third-order valence-electron chi connectivity index (χ3n) is 5.99. The molecule has 0 unspecified atom stereocenters. The van der Waals surface area contributed by atoms with E-state index in [0.29, 0.717) is 0 Å². The molecule has 1 N–H and O–H groups in total. The van der Waals surface area contributed by atoms with Crippen LogP contribution in [0.15, 0.2) is 30.5 Å². The number of piperidine rings is 1. The number of aryl methyl sites for hydroxylation is 1. The first-order valence-corrected chi connectivity index (χ1v) is 11.9. The molecule has 0 aliphatic carbocycles. The summed E-state index contributed by atoms with van der Waals surface area (Å²) in [5, 5.41) is 4.21. The van der Waals surface area contributed by atoms with Crippen molar-refractivity contribution in [1.82, 2.24) is 15.2 Å². The van der Waals surface area contributed by atoms with Crippen molar-refractivity contribution in [2.45, 2.75) is 72.3 Å². The predicted octanol–water partition coefficient (Wildman–Crippen LogP) is 4.97. The Balaban J connectivity index is 1.49. The molecule has 0 saturated carbocycles. The fraction of sp³-hybridized carbons (Fsp3) is 0.615. The summed E-state index contributed by atoms with van der Waals surface area (Å²) >= 11 is 0. The highest BCUT2D eigenvalue weighted by atomic mass is 16.5. The van der Waals surface area contributed by atoms with Gasteiger partial charge in [-0.2, -0.15) is 0 Å². The molecule has 2 aromatic rings. The van der Waals surface area contributed by atoms with Crippen LogP contribution in [0.3, 0.4) is 0 Å². The van der Waals surface area contributed by atoms with Gasteiger partial charge >= 0.3 is 0 Å². The average Bonchev–Trinajstić information content (AvgIpc) is 2.75. The van der Waals surface area contributed by atoms with Gasteiger partial charge in [-0.15, -0.1) is 0 Å². The number of amides is 1. The molecule has 0 atom stereocenters. The maximum atomic E-state index is 12.0. The van der Waals surface area contributed by atoms with Crippen LogP contribution >= 0.6 is 0 Å². The number of unbranched alkanes of at least 4 members (excludes halogenated alkanes) is 1. The average molecular weight is 426 g/mol. The van der Waals surface area contributed by atoms with E-state index in [4.69, 9.17) is 4.74 Å². The van der Waals surface area contributed by atoms with Crippen molar-refractivity contribution in [2.24, 2.45) is 5.41 Å². The van der Waals surface area contributed by atoms with Crippen LogP contribution in [0, 0.1) is 5.41 Å². The number of nitrogens with zero attached hydrogens (tertiary/aromatic N) is 2. The third-order valence-corrected chi connectivity index (χ3v) is 5.99. The van der Waals surface area contributed by atoms with Gasteiger partial charge in [0.2, 0.25) is 5.91 Å². The summed E-state index contributed by atoms with van der Waals surface area (Å²) in [6.07, 6.45) is 8.61. The smallest absolute Gasteiger partial charge is 0.225 e. The van der Waals surface area contributed by atoms with Gasteiger partial charge in [0.1, 0.15) is 17.4 Å². The standard InChI is InChI=1S/C26H39N3O2/c1-5-6-9-20-18-21-10-7-13-27-24(21)23(19-20)31-22-11-16-29(17-12-22)15-8-14-28-25(30)26(2,3)4/h7,10,13,18-19,22H,5-6,8-9,11-12,14-17H2,1-4H3,(H,28,30). The van der Waals surface area contributed by atoms with E-state index in [0.717, 1.165) is 63.1 Å². The maximum absolute atomic E-state index is 12.0. The molecule has 0 bridgehead atoms. The quantitative estimate of drug-likeness (QED) is 0.576. The number of carbonyl (C=O) groups excluding carboxylic acids is 1. The van der Waals surface area contributed by atoms with E-state index in [1.165, 1.54) is 23.8 Å². The molecule has 1 saturated heterocycles. The van der Waals surface area contributed by atoms with E-state index in [9.17, 15) is 4.79 Å². The largest absolute Gasteiger partial charge is 0.488 e. The topological polar surface area (TPSA) is 54.5 Å². The molecule has 3 rings (SSSR count). The van der Waals surface area contributed by atoms with Crippen LogP contribution in [0.2, 0.25) is 0 Å². The normalized spacial score (nSPS) is 15.9. The van der Waals surface area contributed by atoms with Crippen LogP contribution in [0.25, 0.3) is 10.9 Å². The van der Waals surface area contributed by atoms with Crippen molar-refractivity contribution < 1.29 is 9.53 Å². The molecule has 5 heteroatoms. The Kier molecular flexibility index (Phi) is 8.30. The fourth-order valence-electron chi connectivity index (χ4n) is 4.03. The lowest BCUT2D eigenvalue weighted by molar-refractivity contribution is -0.128. The van der Waals surface area contributed by atoms with Crippen molar-refractivity contribution in [2.75, 3.05) is 26.2 Å². The van der Waals surface area contributed by atoms with E-state index in [1.807, 2.05) is 33.0 Å². The highest BCUT2D eigenvalue weighted by Gasteiger charge is 2.23. The van der Waals surface area contributed by atoms with Gasteiger partial charge in [-0.3, -0.25) is 9.78 Å². The van der Waals surface area contributed by atoms with Crippen LogP contribution in [0.4, 0.5) is 0 Å². The van der Waals surface area contributed by atoms with Crippen molar-refractivity contribution in [3.63, 3.8) is 0 Å². The monoisotopic (exact) mass is 425 g/mol. The number of pyridine rings is 1. The summed E-state index contributed by atoms with van der Waals surface area (Å²) in [6.45, 7) is 11.9. The van der Waals surface area contributed by atoms with Gasteiger partial charge in [0.05, 0.1) is 0 Å². The maximum Gasteiger partial charge on any atom is 0.225 e. The lowest BCUT2D eigenvalue weighted by Gasteiger charge is -2.32. The first-order valence-electron chi connectivity index (χ1n) is 11.9. The Morgan fingerprint density at radius 3 is 2.71 bits per heavy atom. The molecule has 1 amide bonds. The fourth-order valence-corrected chi connectivity index (χ4v) is 4.03. The summed E-state index contributed by atoms with van der Waals surface area (Å²) in [6, 6.07) is 8.59. The van der Waals surface area contributed by atoms with E-state index >= 15 is 0 Å². The predicted molar refractivity (Wildman–Crippen MR) is 128 cm³/mol. The molecule has 1 aromatic carbocycles. The first kappa shape index (κ1) is 23.5.